The highest BCUT2D eigenvalue weighted by atomic mass is 32.2. The third-order valence-electron chi connectivity index (χ3n) is 5.82. The molecule has 1 fully saturated rings. The van der Waals surface area contributed by atoms with Crippen LogP contribution in [0.15, 0.2) is 53.6 Å². The smallest absolute Gasteiger partial charge is 0.213 e. The number of pyridine rings is 1. The first-order valence-electron chi connectivity index (χ1n) is 10.2. The topological polar surface area (TPSA) is 63.3 Å². The van der Waals surface area contributed by atoms with Crippen LogP contribution >= 0.6 is 11.9 Å². The molecule has 0 bridgehead atoms. The van der Waals surface area contributed by atoms with E-state index < -0.39 is 17.0 Å². The molecule has 1 aliphatic carbocycles. The molecule has 1 heterocycles. The zero-order chi connectivity index (χ0) is 22.7. The van der Waals surface area contributed by atoms with Crippen molar-refractivity contribution in [3.05, 3.63) is 65.9 Å². The molecule has 0 aliphatic heterocycles. The third kappa shape index (κ3) is 4.14. The minimum atomic E-state index is -0.642. The molecular weight excluding hydrogens is 432 g/mol. The molecule has 1 aliphatic rings. The van der Waals surface area contributed by atoms with E-state index >= 15 is 0 Å². The van der Waals surface area contributed by atoms with Crippen molar-refractivity contribution in [3.8, 4) is 17.0 Å². The average Bonchev–Trinajstić information content (AvgIpc) is 2.78. The first-order chi connectivity index (χ1) is 15.5. The Balaban J connectivity index is 1.80. The van der Waals surface area contributed by atoms with Crippen molar-refractivity contribution >= 4 is 29.6 Å². The summed E-state index contributed by atoms with van der Waals surface area (Å²) in [7, 11) is 3.38. The van der Waals surface area contributed by atoms with Gasteiger partial charge in [-0.05, 0) is 66.2 Å². The van der Waals surface area contributed by atoms with Crippen molar-refractivity contribution in [1.82, 2.24) is 4.98 Å². The SMILES string of the molecule is CNc1c(-c2ccnc(OC)c2)cc(NSc2ccc(F)cc2F)cc1C1(C=O)CCC1. The molecule has 0 unspecified atom stereocenters. The number of anilines is 2. The van der Waals surface area contributed by atoms with Gasteiger partial charge in [0.15, 0.2) is 0 Å². The molecular formula is C24H23F2N3O2S. The van der Waals surface area contributed by atoms with Crippen molar-refractivity contribution in [1.29, 1.82) is 0 Å². The first-order valence-corrected chi connectivity index (χ1v) is 11.0. The van der Waals surface area contributed by atoms with Crippen LogP contribution in [0.4, 0.5) is 20.2 Å². The van der Waals surface area contributed by atoms with E-state index in [4.69, 9.17) is 4.74 Å². The highest BCUT2D eigenvalue weighted by Crippen LogP contribution is 2.49. The van der Waals surface area contributed by atoms with E-state index in [-0.39, 0.29) is 4.90 Å². The highest BCUT2D eigenvalue weighted by Gasteiger charge is 2.41. The second kappa shape index (κ2) is 9.16. The lowest BCUT2D eigenvalue weighted by Crippen LogP contribution is -2.36. The summed E-state index contributed by atoms with van der Waals surface area (Å²) in [5.74, 6) is -0.794. The van der Waals surface area contributed by atoms with Crippen molar-refractivity contribution in [2.24, 2.45) is 0 Å². The van der Waals surface area contributed by atoms with Crippen LogP contribution in [0.25, 0.3) is 11.1 Å². The number of halogens is 2. The zero-order valence-corrected chi connectivity index (χ0v) is 18.6. The van der Waals surface area contributed by atoms with E-state index in [9.17, 15) is 13.6 Å². The summed E-state index contributed by atoms with van der Waals surface area (Å²) in [6.07, 6.45) is 5.21. The number of aldehydes is 1. The monoisotopic (exact) mass is 455 g/mol. The van der Waals surface area contributed by atoms with Crippen LogP contribution in [-0.2, 0) is 10.2 Å². The lowest BCUT2D eigenvalue weighted by atomic mass is 9.64. The molecule has 4 rings (SSSR count). The van der Waals surface area contributed by atoms with Gasteiger partial charge in [-0.15, -0.1) is 0 Å². The molecule has 166 valence electrons. The maximum Gasteiger partial charge on any atom is 0.213 e. The van der Waals surface area contributed by atoms with Crippen LogP contribution in [0.2, 0.25) is 0 Å². The molecule has 0 amide bonds. The number of methoxy groups -OCH3 is 1. The van der Waals surface area contributed by atoms with Crippen LogP contribution in [0, 0.1) is 11.6 Å². The van der Waals surface area contributed by atoms with Crippen LogP contribution < -0.4 is 14.8 Å². The normalized spacial score (nSPS) is 14.4. The van der Waals surface area contributed by atoms with Crippen LogP contribution in [0.5, 0.6) is 5.88 Å². The number of nitrogens with one attached hydrogen (secondary N) is 2. The summed E-state index contributed by atoms with van der Waals surface area (Å²) in [6, 6.07) is 11.0. The predicted octanol–water partition coefficient (Wildman–Crippen LogP) is 5.82. The minimum absolute atomic E-state index is 0.270. The maximum absolute atomic E-state index is 14.1. The molecule has 5 nitrogen and oxygen atoms in total. The van der Waals surface area contributed by atoms with Gasteiger partial charge in [-0.1, -0.05) is 6.42 Å². The Bertz CT molecular complexity index is 1150. The molecule has 2 N–H and O–H groups in total. The van der Waals surface area contributed by atoms with Gasteiger partial charge in [-0.2, -0.15) is 0 Å². The van der Waals surface area contributed by atoms with E-state index in [0.29, 0.717) is 11.6 Å². The van der Waals surface area contributed by atoms with Gasteiger partial charge in [0, 0.05) is 42.3 Å². The van der Waals surface area contributed by atoms with Crippen LogP contribution in [-0.4, -0.2) is 25.4 Å². The molecule has 0 atom stereocenters. The number of carbonyl (C=O) groups excluding carboxylic acids is 1. The number of nitrogens with zero attached hydrogens (tertiary/aromatic N) is 1. The lowest BCUT2D eigenvalue weighted by Gasteiger charge is -2.39. The van der Waals surface area contributed by atoms with Gasteiger partial charge in [-0.3, -0.25) is 0 Å². The molecule has 2 aromatic carbocycles. The Labute approximate surface area is 189 Å². The predicted molar refractivity (Wildman–Crippen MR) is 123 cm³/mol. The summed E-state index contributed by atoms with van der Waals surface area (Å²) >= 11 is 1.05. The summed E-state index contributed by atoms with van der Waals surface area (Å²) in [5.41, 5.74) is 3.61. The lowest BCUT2D eigenvalue weighted by molar-refractivity contribution is -0.115. The Hall–Kier alpha value is -3.13. The first kappa shape index (κ1) is 22.1. The number of benzene rings is 2. The van der Waals surface area contributed by atoms with Crippen molar-refractivity contribution in [3.63, 3.8) is 0 Å². The quantitative estimate of drug-likeness (QED) is 0.330. The molecule has 0 radical (unpaired) electrons. The van der Waals surface area contributed by atoms with E-state index in [1.807, 2.05) is 31.3 Å². The molecule has 0 saturated heterocycles. The fraction of sp³-hybridized carbons (Fsp3) is 0.250. The third-order valence-corrected chi connectivity index (χ3v) is 6.71. The number of carbonyl (C=O) groups is 1. The van der Waals surface area contributed by atoms with Gasteiger partial charge in [0.2, 0.25) is 5.88 Å². The maximum atomic E-state index is 14.1. The molecule has 1 saturated carbocycles. The molecule has 32 heavy (non-hydrogen) atoms. The van der Waals surface area contributed by atoms with E-state index in [1.54, 1.807) is 13.3 Å². The fourth-order valence-corrected chi connectivity index (χ4v) is 4.60. The Kier molecular flexibility index (Phi) is 6.32. The molecule has 0 spiro atoms. The average molecular weight is 456 g/mol. The van der Waals surface area contributed by atoms with Gasteiger partial charge in [0.05, 0.1) is 17.4 Å². The number of aromatic nitrogens is 1. The van der Waals surface area contributed by atoms with E-state index in [0.717, 1.165) is 65.9 Å². The Morgan fingerprint density at radius 1 is 1.16 bits per heavy atom. The minimum Gasteiger partial charge on any atom is -0.481 e. The largest absolute Gasteiger partial charge is 0.481 e. The van der Waals surface area contributed by atoms with Gasteiger partial charge in [0.25, 0.3) is 0 Å². The summed E-state index contributed by atoms with van der Waals surface area (Å²) in [5, 5.41) is 3.27. The molecule has 8 heteroatoms. The second-order valence-electron chi connectivity index (χ2n) is 7.69. The number of ether oxygens (including phenoxy) is 1. The molecule has 1 aromatic heterocycles. The van der Waals surface area contributed by atoms with E-state index in [2.05, 4.69) is 15.0 Å². The van der Waals surface area contributed by atoms with E-state index in [1.165, 1.54) is 12.1 Å². The number of hydrogen-bond donors (Lipinski definition) is 2. The number of rotatable bonds is 8. The Morgan fingerprint density at radius 3 is 2.59 bits per heavy atom. The van der Waals surface area contributed by atoms with Crippen molar-refractivity contribution in [2.75, 3.05) is 24.2 Å². The molecule has 3 aromatic rings. The Morgan fingerprint density at radius 2 is 1.97 bits per heavy atom. The summed E-state index contributed by atoms with van der Waals surface area (Å²) < 4.78 is 35.8. The summed E-state index contributed by atoms with van der Waals surface area (Å²) in [6.45, 7) is 0. The number of hydrogen-bond acceptors (Lipinski definition) is 6. The van der Waals surface area contributed by atoms with Gasteiger partial charge in [-0.25, -0.2) is 13.8 Å². The highest BCUT2D eigenvalue weighted by molar-refractivity contribution is 8.00. The second-order valence-corrected chi connectivity index (χ2v) is 8.54. The van der Waals surface area contributed by atoms with Gasteiger partial charge < -0.3 is 19.6 Å². The van der Waals surface area contributed by atoms with Crippen molar-refractivity contribution in [2.45, 2.75) is 29.6 Å². The fourth-order valence-electron chi connectivity index (χ4n) is 3.96. The standard InChI is InChI=1S/C24H23F2N3O2S/c1-27-23-18(15-6-9-28-22(10-15)31-2)12-17(13-19(23)24(14-30)7-3-8-24)29-32-21-5-4-16(25)11-20(21)26/h4-6,9-14,27,29H,3,7-8H2,1-2H3. The van der Waals surface area contributed by atoms with Crippen LogP contribution in [0.3, 0.4) is 0 Å². The summed E-state index contributed by atoms with van der Waals surface area (Å²) in [4.78, 5) is 16.6. The van der Waals surface area contributed by atoms with Gasteiger partial charge in [0.1, 0.15) is 17.9 Å². The van der Waals surface area contributed by atoms with Crippen LogP contribution in [0.1, 0.15) is 24.8 Å². The van der Waals surface area contributed by atoms with Crippen molar-refractivity contribution < 1.29 is 18.3 Å². The van der Waals surface area contributed by atoms with Gasteiger partial charge >= 0.3 is 0 Å². The zero-order valence-electron chi connectivity index (χ0n) is 17.7.